The fourth-order valence-corrected chi connectivity index (χ4v) is 5.58. The molecule has 5 heteroatoms. The third-order valence-electron chi connectivity index (χ3n) is 6.94. The molecule has 0 radical (unpaired) electrons. The fraction of sp³-hybridized carbons (Fsp3) is 0.458. The van der Waals surface area contributed by atoms with Gasteiger partial charge in [0.15, 0.2) is 0 Å². The zero-order valence-corrected chi connectivity index (χ0v) is 17.2. The van der Waals surface area contributed by atoms with E-state index in [9.17, 15) is 4.79 Å². The number of methoxy groups -OCH3 is 1. The first-order valence-electron chi connectivity index (χ1n) is 10.6. The second-order valence-electron chi connectivity index (χ2n) is 8.66. The first-order chi connectivity index (χ1) is 14.2. The largest absolute Gasteiger partial charge is 0.497 e. The Hall–Kier alpha value is -2.53. The van der Waals surface area contributed by atoms with Crippen molar-refractivity contribution in [3.8, 4) is 5.75 Å². The minimum absolute atomic E-state index is 0.182. The molecule has 0 saturated carbocycles. The van der Waals surface area contributed by atoms with E-state index in [0.29, 0.717) is 17.9 Å². The Labute approximate surface area is 172 Å². The number of para-hydroxylation sites is 1. The van der Waals surface area contributed by atoms with Crippen LogP contribution in [0.5, 0.6) is 5.75 Å². The number of hydrogen-bond donors (Lipinski definition) is 1. The van der Waals surface area contributed by atoms with Gasteiger partial charge in [0, 0.05) is 38.1 Å². The van der Waals surface area contributed by atoms with Crippen LogP contribution < -0.4 is 10.1 Å². The van der Waals surface area contributed by atoms with E-state index in [2.05, 4.69) is 40.4 Å². The molecule has 3 heterocycles. The topological polar surface area (TPSA) is 44.8 Å². The number of fused-ring (bicyclic) bond motifs is 2. The summed E-state index contributed by atoms with van der Waals surface area (Å²) in [5.74, 6) is 2.07. The Kier molecular flexibility index (Phi) is 4.70. The van der Waals surface area contributed by atoms with Crippen LogP contribution in [0.3, 0.4) is 0 Å². The average Bonchev–Trinajstić information content (AvgIpc) is 3.29. The quantitative estimate of drug-likeness (QED) is 0.871. The molecule has 2 aromatic rings. The number of anilines is 1. The molecule has 3 atom stereocenters. The van der Waals surface area contributed by atoms with Gasteiger partial charge in [-0.15, -0.1) is 0 Å². The molecule has 1 amide bonds. The Morgan fingerprint density at radius 2 is 1.93 bits per heavy atom. The summed E-state index contributed by atoms with van der Waals surface area (Å²) >= 11 is 0. The summed E-state index contributed by atoms with van der Waals surface area (Å²) in [6.45, 7) is 3.67. The summed E-state index contributed by atoms with van der Waals surface area (Å²) in [6.07, 6.45) is 2.19. The van der Waals surface area contributed by atoms with Crippen LogP contribution in [0.15, 0.2) is 42.5 Å². The minimum atomic E-state index is 0.182. The highest BCUT2D eigenvalue weighted by atomic mass is 16.5. The lowest BCUT2D eigenvalue weighted by molar-refractivity contribution is 0.0768. The first-order valence-corrected chi connectivity index (χ1v) is 10.6. The lowest BCUT2D eigenvalue weighted by atomic mass is 9.89. The lowest BCUT2D eigenvalue weighted by Crippen LogP contribution is -2.34. The monoisotopic (exact) mass is 391 g/mol. The summed E-state index contributed by atoms with van der Waals surface area (Å²) in [5.41, 5.74) is 4.49. The predicted octanol–water partition coefficient (Wildman–Crippen LogP) is 3.43. The molecular formula is C24H29N3O2. The highest BCUT2D eigenvalue weighted by Crippen LogP contribution is 2.44. The summed E-state index contributed by atoms with van der Waals surface area (Å²) in [7, 11) is 3.90. The van der Waals surface area contributed by atoms with Crippen LogP contribution in [-0.2, 0) is 6.42 Å². The van der Waals surface area contributed by atoms with Crippen molar-refractivity contribution in [2.45, 2.75) is 18.9 Å². The molecule has 29 heavy (non-hydrogen) atoms. The minimum Gasteiger partial charge on any atom is -0.497 e. The number of amides is 1. The Morgan fingerprint density at radius 3 is 2.72 bits per heavy atom. The van der Waals surface area contributed by atoms with Crippen molar-refractivity contribution in [3.63, 3.8) is 0 Å². The number of ether oxygens (including phenoxy) is 1. The van der Waals surface area contributed by atoms with Crippen molar-refractivity contribution in [2.24, 2.45) is 11.8 Å². The molecule has 3 aliphatic rings. The van der Waals surface area contributed by atoms with E-state index in [4.69, 9.17) is 4.74 Å². The Bertz CT molecular complexity index is 911. The zero-order chi connectivity index (χ0) is 20.0. The standard InChI is InChI=1S/C24H29N3O2/c1-26-13-18-14-27(15-21(18)23(26)17-8-10-19(29-2)11-9-17)24(28)20-7-3-5-16-6-4-12-25-22(16)20/h3,5,7-11,18,21,23,25H,4,6,12-15H2,1-2H3/t18-,21+,23-/m0/s1. The highest BCUT2D eigenvalue weighted by Gasteiger charge is 2.47. The lowest BCUT2D eigenvalue weighted by Gasteiger charge is -2.28. The van der Waals surface area contributed by atoms with E-state index in [0.717, 1.165) is 56.0 Å². The average molecular weight is 392 g/mol. The number of nitrogens with zero attached hydrogens (tertiary/aromatic N) is 2. The molecule has 5 nitrogen and oxygen atoms in total. The second-order valence-corrected chi connectivity index (χ2v) is 8.66. The van der Waals surface area contributed by atoms with Gasteiger partial charge in [0.05, 0.1) is 18.4 Å². The van der Waals surface area contributed by atoms with Crippen molar-refractivity contribution in [1.82, 2.24) is 9.80 Å². The Balaban J connectivity index is 1.37. The molecule has 0 spiro atoms. The molecule has 0 bridgehead atoms. The van der Waals surface area contributed by atoms with Crippen LogP contribution in [0.1, 0.15) is 33.9 Å². The second kappa shape index (κ2) is 7.38. The van der Waals surface area contributed by atoms with Crippen molar-refractivity contribution < 1.29 is 9.53 Å². The molecular weight excluding hydrogens is 362 g/mol. The number of rotatable bonds is 3. The van der Waals surface area contributed by atoms with E-state index in [1.807, 2.05) is 24.3 Å². The molecule has 2 saturated heterocycles. The van der Waals surface area contributed by atoms with Gasteiger partial charge in [0.1, 0.15) is 5.75 Å². The van der Waals surface area contributed by atoms with E-state index in [1.165, 1.54) is 11.1 Å². The van der Waals surface area contributed by atoms with Gasteiger partial charge in [0.2, 0.25) is 0 Å². The van der Waals surface area contributed by atoms with E-state index >= 15 is 0 Å². The Morgan fingerprint density at radius 1 is 1.10 bits per heavy atom. The molecule has 0 aromatic heterocycles. The highest BCUT2D eigenvalue weighted by molar-refractivity contribution is 6.00. The van der Waals surface area contributed by atoms with Crippen LogP contribution in [0.2, 0.25) is 0 Å². The van der Waals surface area contributed by atoms with Gasteiger partial charge < -0.3 is 15.0 Å². The molecule has 1 N–H and O–H groups in total. The summed E-state index contributed by atoms with van der Waals surface area (Å²) in [4.78, 5) is 18.0. The van der Waals surface area contributed by atoms with Crippen LogP contribution in [0.4, 0.5) is 5.69 Å². The summed E-state index contributed by atoms with van der Waals surface area (Å²) in [6, 6.07) is 14.9. The zero-order valence-electron chi connectivity index (χ0n) is 17.2. The predicted molar refractivity (Wildman–Crippen MR) is 115 cm³/mol. The van der Waals surface area contributed by atoms with Crippen LogP contribution in [-0.4, -0.2) is 56.0 Å². The molecule has 152 valence electrons. The number of hydrogen-bond acceptors (Lipinski definition) is 4. The van der Waals surface area contributed by atoms with Gasteiger partial charge in [-0.3, -0.25) is 9.69 Å². The van der Waals surface area contributed by atoms with Gasteiger partial charge >= 0.3 is 0 Å². The number of aryl methyl sites for hydroxylation is 1. The van der Waals surface area contributed by atoms with Gasteiger partial charge in [-0.25, -0.2) is 0 Å². The number of nitrogens with one attached hydrogen (secondary N) is 1. The van der Waals surface area contributed by atoms with Gasteiger partial charge in [0.25, 0.3) is 5.91 Å². The van der Waals surface area contributed by atoms with Crippen LogP contribution in [0.25, 0.3) is 0 Å². The summed E-state index contributed by atoms with van der Waals surface area (Å²) < 4.78 is 5.32. The number of carbonyl (C=O) groups excluding carboxylic acids is 1. The van der Waals surface area contributed by atoms with Crippen molar-refractivity contribution in [1.29, 1.82) is 0 Å². The third kappa shape index (κ3) is 3.18. The van der Waals surface area contributed by atoms with Gasteiger partial charge in [-0.05, 0) is 55.1 Å². The molecule has 5 rings (SSSR count). The van der Waals surface area contributed by atoms with E-state index < -0.39 is 0 Å². The number of likely N-dealkylation sites (tertiary alicyclic amines) is 2. The maximum absolute atomic E-state index is 13.4. The van der Waals surface area contributed by atoms with Gasteiger partial charge in [-0.1, -0.05) is 24.3 Å². The van der Waals surface area contributed by atoms with Crippen molar-refractivity contribution in [3.05, 3.63) is 59.2 Å². The third-order valence-corrected chi connectivity index (χ3v) is 6.94. The SMILES string of the molecule is COc1ccc([C@H]2[C@@H]3CN(C(=O)c4cccc5c4NCCC5)C[C@@H]3CN2C)cc1. The molecule has 2 aromatic carbocycles. The number of carbonyl (C=O) groups is 1. The van der Waals surface area contributed by atoms with Crippen LogP contribution in [0, 0.1) is 11.8 Å². The van der Waals surface area contributed by atoms with Crippen molar-refractivity contribution in [2.75, 3.05) is 45.7 Å². The molecule has 0 unspecified atom stereocenters. The maximum atomic E-state index is 13.4. The maximum Gasteiger partial charge on any atom is 0.255 e. The van der Waals surface area contributed by atoms with E-state index in [-0.39, 0.29) is 5.91 Å². The normalized spacial score (nSPS) is 26.0. The van der Waals surface area contributed by atoms with Crippen LogP contribution >= 0.6 is 0 Å². The van der Waals surface area contributed by atoms with Gasteiger partial charge in [-0.2, -0.15) is 0 Å². The van der Waals surface area contributed by atoms with Crippen molar-refractivity contribution >= 4 is 11.6 Å². The molecule has 2 fully saturated rings. The molecule has 3 aliphatic heterocycles. The van der Waals surface area contributed by atoms with E-state index in [1.54, 1.807) is 7.11 Å². The first kappa shape index (κ1) is 18.5. The summed E-state index contributed by atoms with van der Waals surface area (Å²) in [5, 5.41) is 3.47. The smallest absolute Gasteiger partial charge is 0.255 e. The number of benzene rings is 2. The fourth-order valence-electron chi connectivity index (χ4n) is 5.58. The molecule has 0 aliphatic carbocycles.